The van der Waals surface area contributed by atoms with Gasteiger partial charge < -0.3 is 11.5 Å². The molecule has 0 bridgehead atoms. The van der Waals surface area contributed by atoms with Crippen LogP contribution in [0, 0.1) is 0 Å². The first kappa shape index (κ1) is 12.0. The molecule has 2 nitrogen and oxygen atoms in total. The van der Waals surface area contributed by atoms with Gasteiger partial charge >= 0.3 is 0 Å². The molecule has 0 saturated heterocycles. The fraction of sp³-hybridized carbons (Fsp3) is 0. The Kier molecular flexibility index (Phi) is 3.82. The Labute approximate surface area is 107 Å². The molecule has 0 aliphatic heterocycles. The predicted octanol–water partition coefficient (Wildman–Crippen LogP) is 3.64. The van der Waals surface area contributed by atoms with Crippen LogP contribution in [0.1, 0.15) is 0 Å². The maximum atomic E-state index is 5.83. The van der Waals surface area contributed by atoms with Crippen molar-refractivity contribution >= 4 is 11.4 Å². The molecular weight excluding hydrogens is 220 g/mol. The SMILES string of the molecule is Nc1ccc(-c2ccccccccc2)cc1N. The molecule has 2 rings (SSSR count). The molecule has 0 radical (unpaired) electrons. The smallest absolute Gasteiger partial charge is 0.0554 e. The summed E-state index contributed by atoms with van der Waals surface area (Å²) < 4.78 is 0. The summed E-state index contributed by atoms with van der Waals surface area (Å²) in [6.07, 6.45) is 0. The third kappa shape index (κ3) is 3.01. The first-order valence-corrected chi connectivity index (χ1v) is 5.81. The second kappa shape index (κ2) is 5.73. The van der Waals surface area contributed by atoms with E-state index < -0.39 is 0 Å². The van der Waals surface area contributed by atoms with E-state index in [1.807, 2.05) is 72.8 Å². The topological polar surface area (TPSA) is 52.0 Å². The lowest BCUT2D eigenvalue weighted by molar-refractivity contribution is 1.62. The van der Waals surface area contributed by atoms with E-state index in [-0.39, 0.29) is 0 Å². The predicted molar refractivity (Wildman–Crippen MR) is 78.3 cm³/mol. The van der Waals surface area contributed by atoms with Crippen molar-refractivity contribution in [1.29, 1.82) is 0 Å². The summed E-state index contributed by atoms with van der Waals surface area (Å²) in [5.74, 6) is 0. The minimum absolute atomic E-state index is 0.610. The molecule has 4 N–H and O–H groups in total. The van der Waals surface area contributed by atoms with Gasteiger partial charge in [-0.05, 0) is 23.3 Å². The molecule has 18 heavy (non-hydrogen) atoms. The van der Waals surface area contributed by atoms with E-state index in [1.165, 1.54) is 0 Å². The van der Waals surface area contributed by atoms with Gasteiger partial charge in [-0.3, -0.25) is 0 Å². The average molecular weight is 236 g/mol. The molecule has 0 aliphatic carbocycles. The Hall–Kier alpha value is -2.48. The zero-order valence-corrected chi connectivity index (χ0v) is 10.1. The second-order valence-electron chi connectivity index (χ2n) is 3.98. The van der Waals surface area contributed by atoms with Crippen LogP contribution in [-0.2, 0) is 0 Å². The van der Waals surface area contributed by atoms with Gasteiger partial charge in [0.25, 0.3) is 0 Å². The van der Waals surface area contributed by atoms with Crippen LogP contribution in [0.2, 0.25) is 0 Å². The van der Waals surface area contributed by atoms with Gasteiger partial charge in [0.2, 0.25) is 0 Å². The number of nitrogens with two attached hydrogens (primary N) is 2. The first-order chi connectivity index (χ1) is 8.77. The van der Waals surface area contributed by atoms with Crippen molar-refractivity contribution in [2.45, 2.75) is 0 Å². The van der Waals surface area contributed by atoms with Gasteiger partial charge in [0, 0.05) is 0 Å². The Morgan fingerprint density at radius 2 is 1.06 bits per heavy atom. The molecule has 0 atom stereocenters. The minimum Gasteiger partial charge on any atom is -0.397 e. The Bertz CT molecular complexity index is 565. The molecule has 0 unspecified atom stereocenters. The molecule has 0 heterocycles. The molecule has 90 valence electrons. The van der Waals surface area contributed by atoms with E-state index in [0.29, 0.717) is 11.4 Å². The van der Waals surface area contributed by atoms with Crippen LogP contribution in [0.25, 0.3) is 11.1 Å². The molecule has 0 spiro atoms. The molecule has 2 aromatic carbocycles. The van der Waals surface area contributed by atoms with Crippen molar-refractivity contribution in [3.63, 3.8) is 0 Å². The largest absolute Gasteiger partial charge is 0.397 e. The minimum atomic E-state index is 0.610. The van der Waals surface area contributed by atoms with E-state index >= 15 is 0 Å². The van der Waals surface area contributed by atoms with Gasteiger partial charge in [-0.15, -0.1) is 0 Å². The quantitative estimate of drug-likeness (QED) is 0.743. The van der Waals surface area contributed by atoms with Crippen LogP contribution in [0.15, 0.2) is 72.8 Å². The zero-order chi connectivity index (χ0) is 12.8. The van der Waals surface area contributed by atoms with E-state index in [2.05, 4.69) is 0 Å². The van der Waals surface area contributed by atoms with Crippen LogP contribution >= 0.6 is 0 Å². The lowest BCUT2D eigenvalue weighted by Gasteiger charge is -2.03. The maximum absolute atomic E-state index is 5.83. The van der Waals surface area contributed by atoms with E-state index in [1.54, 1.807) is 0 Å². The van der Waals surface area contributed by atoms with E-state index in [0.717, 1.165) is 11.1 Å². The van der Waals surface area contributed by atoms with Gasteiger partial charge in [0.1, 0.15) is 0 Å². The molecular formula is C16H16N2. The van der Waals surface area contributed by atoms with Gasteiger partial charge in [0.05, 0.1) is 11.4 Å². The lowest BCUT2D eigenvalue weighted by Crippen LogP contribution is -1.93. The van der Waals surface area contributed by atoms with Crippen LogP contribution in [-0.4, -0.2) is 0 Å². The van der Waals surface area contributed by atoms with Gasteiger partial charge in [0.15, 0.2) is 0 Å². The number of hydrogen-bond acceptors (Lipinski definition) is 2. The Morgan fingerprint density at radius 3 is 1.61 bits per heavy atom. The highest BCUT2D eigenvalue weighted by Gasteiger charge is 1.98. The molecule has 0 saturated carbocycles. The van der Waals surface area contributed by atoms with Gasteiger partial charge in [-0.2, -0.15) is 0 Å². The second-order valence-corrected chi connectivity index (χ2v) is 3.98. The summed E-state index contributed by atoms with van der Waals surface area (Å²) >= 11 is 0. The number of rotatable bonds is 1. The Morgan fingerprint density at radius 1 is 0.500 bits per heavy atom. The van der Waals surface area contributed by atoms with E-state index in [9.17, 15) is 0 Å². The monoisotopic (exact) mass is 236 g/mol. The summed E-state index contributed by atoms with van der Waals surface area (Å²) in [4.78, 5) is 0. The van der Waals surface area contributed by atoms with Crippen LogP contribution in [0.3, 0.4) is 0 Å². The molecule has 0 fully saturated rings. The van der Waals surface area contributed by atoms with Crippen LogP contribution in [0.5, 0.6) is 0 Å². The molecule has 2 heteroatoms. The van der Waals surface area contributed by atoms with Crippen molar-refractivity contribution in [3.05, 3.63) is 72.8 Å². The molecule has 0 aromatic heterocycles. The highest BCUT2D eigenvalue weighted by molar-refractivity contribution is 5.74. The van der Waals surface area contributed by atoms with Gasteiger partial charge in [-0.25, -0.2) is 0 Å². The summed E-state index contributed by atoms with van der Waals surface area (Å²) in [7, 11) is 0. The third-order valence-electron chi connectivity index (χ3n) is 2.64. The molecule has 2 aromatic rings. The van der Waals surface area contributed by atoms with Crippen LogP contribution < -0.4 is 11.5 Å². The standard InChI is InChI=1S/C16H16N2/c17-15-11-10-14(12-16(15)18)13-8-6-4-2-1-3-5-7-9-13/h1-12H,17-18H2. The number of anilines is 2. The number of benzene rings is 1. The van der Waals surface area contributed by atoms with Crippen molar-refractivity contribution in [1.82, 2.24) is 0 Å². The Balaban J connectivity index is 2.53. The van der Waals surface area contributed by atoms with Crippen molar-refractivity contribution in [2.75, 3.05) is 11.5 Å². The highest BCUT2D eigenvalue weighted by Crippen LogP contribution is 2.24. The van der Waals surface area contributed by atoms with Crippen molar-refractivity contribution in [3.8, 4) is 11.1 Å². The normalized spacial score (nSPS) is 9.56. The third-order valence-corrected chi connectivity index (χ3v) is 2.64. The van der Waals surface area contributed by atoms with Crippen LogP contribution in [0.4, 0.5) is 11.4 Å². The molecule has 0 aliphatic rings. The van der Waals surface area contributed by atoms with E-state index in [4.69, 9.17) is 11.5 Å². The fourth-order valence-corrected chi connectivity index (χ4v) is 1.64. The number of nitrogen functional groups attached to an aromatic ring is 2. The highest BCUT2D eigenvalue weighted by atomic mass is 14.7. The fourth-order valence-electron chi connectivity index (χ4n) is 1.64. The van der Waals surface area contributed by atoms with Crippen molar-refractivity contribution in [2.24, 2.45) is 0 Å². The summed E-state index contributed by atoms with van der Waals surface area (Å²) in [6.45, 7) is 0. The average Bonchev–Trinajstić information content (AvgIpc) is 2.39. The summed E-state index contributed by atoms with van der Waals surface area (Å²) in [5, 5.41) is 0. The summed E-state index contributed by atoms with van der Waals surface area (Å²) in [6, 6.07) is 23.7. The number of hydrogen-bond donors (Lipinski definition) is 2. The van der Waals surface area contributed by atoms with Crippen molar-refractivity contribution < 1.29 is 0 Å². The zero-order valence-electron chi connectivity index (χ0n) is 10.1. The maximum Gasteiger partial charge on any atom is 0.0554 e. The molecule has 0 amide bonds. The first-order valence-electron chi connectivity index (χ1n) is 5.81. The van der Waals surface area contributed by atoms with Gasteiger partial charge in [-0.1, -0.05) is 60.7 Å². The summed E-state index contributed by atoms with van der Waals surface area (Å²) in [5.41, 5.74) is 14.9. The lowest BCUT2D eigenvalue weighted by atomic mass is 10.1.